The van der Waals surface area contributed by atoms with E-state index in [0.29, 0.717) is 59.5 Å². The Morgan fingerprint density at radius 1 is 1.31 bits per heavy atom. The van der Waals surface area contributed by atoms with Crippen LogP contribution in [0.5, 0.6) is 5.75 Å². The summed E-state index contributed by atoms with van der Waals surface area (Å²) in [5.41, 5.74) is 1.23. The van der Waals surface area contributed by atoms with Gasteiger partial charge in [-0.25, -0.2) is 8.42 Å². The number of aromatic nitrogens is 3. The molecule has 26 heavy (non-hydrogen) atoms. The molecule has 0 radical (unpaired) electrons. The second-order valence-corrected chi connectivity index (χ2v) is 8.63. The van der Waals surface area contributed by atoms with Crippen molar-refractivity contribution in [2.75, 3.05) is 13.1 Å². The molecule has 142 valence electrons. The molecule has 1 aliphatic rings. The van der Waals surface area contributed by atoms with Crippen molar-refractivity contribution in [1.82, 2.24) is 19.1 Å². The van der Waals surface area contributed by atoms with E-state index in [2.05, 4.69) is 10.1 Å². The molecule has 1 saturated heterocycles. The second-order valence-electron chi connectivity index (χ2n) is 6.34. The van der Waals surface area contributed by atoms with Crippen LogP contribution in [0.4, 0.5) is 0 Å². The van der Waals surface area contributed by atoms with Gasteiger partial charge in [0, 0.05) is 38.1 Å². The minimum Gasteiger partial charge on any atom is -0.489 e. The second kappa shape index (κ2) is 7.54. The minimum atomic E-state index is -3.56. The Morgan fingerprint density at radius 2 is 2.00 bits per heavy atom. The van der Waals surface area contributed by atoms with Crippen molar-refractivity contribution < 1.29 is 13.2 Å². The first-order chi connectivity index (χ1) is 12.3. The molecule has 0 aromatic carbocycles. The molecule has 0 saturated carbocycles. The van der Waals surface area contributed by atoms with E-state index >= 15 is 0 Å². The van der Waals surface area contributed by atoms with Crippen molar-refractivity contribution in [3.8, 4) is 5.75 Å². The summed E-state index contributed by atoms with van der Waals surface area (Å²) in [6.07, 6.45) is 4.31. The van der Waals surface area contributed by atoms with Crippen LogP contribution in [-0.4, -0.2) is 46.7 Å². The number of ether oxygens (including phenoxy) is 1. The number of sulfonamides is 1. The van der Waals surface area contributed by atoms with Gasteiger partial charge in [0.05, 0.1) is 11.4 Å². The SMILES string of the molecule is CCn1nc(C)c(S(=O)(=O)N2CCC(Oc3ccncc3Cl)CC2)c1C. The van der Waals surface area contributed by atoms with Crippen molar-refractivity contribution in [1.29, 1.82) is 0 Å². The molecule has 0 spiro atoms. The molecule has 9 heteroatoms. The zero-order valence-corrected chi connectivity index (χ0v) is 16.7. The Labute approximate surface area is 159 Å². The zero-order chi connectivity index (χ0) is 18.9. The van der Waals surface area contributed by atoms with Crippen LogP contribution in [0.3, 0.4) is 0 Å². The Bertz CT molecular complexity index is 889. The van der Waals surface area contributed by atoms with E-state index in [4.69, 9.17) is 16.3 Å². The van der Waals surface area contributed by atoms with Crippen LogP contribution in [0.15, 0.2) is 23.4 Å². The Kier molecular flexibility index (Phi) is 5.55. The molecule has 2 aromatic rings. The van der Waals surface area contributed by atoms with E-state index < -0.39 is 10.0 Å². The zero-order valence-electron chi connectivity index (χ0n) is 15.1. The normalized spacial score (nSPS) is 16.8. The molecule has 2 aromatic heterocycles. The molecule has 0 atom stereocenters. The van der Waals surface area contributed by atoms with Gasteiger partial charge in [0.15, 0.2) is 0 Å². The fraction of sp³-hybridized carbons (Fsp3) is 0.529. The quantitative estimate of drug-likeness (QED) is 0.773. The third-order valence-corrected chi connectivity index (χ3v) is 7.08. The van der Waals surface area contributed by atoms with Crippen LogP contribution in [-0.2, 0) is 16.6 Å². The van der Waals surface area contributed by atoms with Gasteiger partial charge in [-0.3, -0.25) is 9.67 Å². The summed E-state index contributed by atoms with van der Waals surface area (Å²) in [6, 6.07) is 1.72. The van der Waals surface area contributed by atoms with Crippen LogP contribution < -0.4 is 4.74 Å². The number of hydrogen-bond acceptors (Lipinski definition) is 5. The summed E-state index contributed by atoms with van der Waals surface area (Å²) in [5, 5.41) is 4.79. The molecule has 0 unspecified atom stereocenters. The predicted molar refractivity (Wildman–Crippen MR) is 99.0 cm³/mol. The van der Waals surface area contributed by atoms with Crippen molar-refractivity contribution >= 4 is 21.6 Å². The lowest BCUT2D eigenvalue weighted by atomic mass is 10.1. The monoisotopic (exact) mass is 398 g/mol. The van der Waals surface area contributed by atoms with Gasteiger partial charge in [0.25, 0.3) is 0 Å². The molecular formula is C17H23ClN4O3S. The summed E-state index contributed by atoms with van der Waals surface area (Å²) in [4.78, 5) is 4.26. The minimum absolute atomic E-state index is 0.0677. The molecule has 7 nitrogen and oxygen atoms in total. The molecule has 1 fully saturated rings. The Morgan fingerprint density at radius 3 is 2.58 bits per heavy atom. The van der Waals surface area contributed by atoms with Gasteiger partial charge >= 0.3 is 0 Å². The lowest BCUT2D eigenvalue weighted by molar-refractivity contribution is 0.135. The molecule has 0 bridgehead atoms. The van der Waals surface area contributed by atoms with Gasteiger partial charge in [-0.2, -0.15) is 9.40 Å². The first kappa shape index (κ1) is 19.1. The lowest BCUT2D eigenvalue weighted by Crippen LogP contribution is -2.42. The third-order valence-electron chi connectivity index (χ3n) is 4.64. The molecule has 3 rings (SSSR count). The van der Waals surface area contributed by atoms with Crippen molar-refractivity contribution in [3.63, 3.8) is 0 Å². The van der Waals surface area contributed by atoms with Crippen LogP contribution in [0.2, 0.25) is 5.02 Å². The number of halogens is 1. The van der Waals surface area contributed by atoms with E-state index in [0.717, 1.165) is 0 Å². The highest BCUT2D eigenvalue weighted by molar-refractivity contribution is 7.89. The predicted octanol–water partition coefficient (Wildman–Crippen LogP) is 2.80. The first-order valence-corrected chi connectivity index (χ1v) is 10.5. The van der Waals surface area contributed by atoms with Gasteiger partial charge in [0.1, 0.15) is 21.8 Å². The van der Waals surface area contributed by atoms with Gasteiger partial charge in [0.2, 0.25) is 10.0 Å². The van der Waals surface area contributed by atoms with Crippen molar-refractivity contribution in [2.45, 2.75) is 51.2 Å². The average molecular weight is 399 g/mol. The van der Waals surface area contributed by atoms with Crippen molar-refractivity contribution in [3.05, 3.63) is 34.9 Å². The van der Waals surface area contributed by atoms with Crippen molar-refractivity contribution in [2.24, 2.45) is 0 Å². The highest BCUT2D eigenvalue weighted by atomic mass is 35.5. The van der Waals surface area contributed by atoms with E-state index in [-0.39, 0.29) is 6.10 Å². The van der Waals surface area contributed by atoms with E-state index in [1.165, 1.54) is 10.5 Å². The first-order valence-electron chi connectivity index (χ1n) is 8.65. The summed E-state index contributed by atoms with van der Waals surface area (Å²) in [7, 11) is -3.56. The summed E-state index contributed by atoms with van der Waals surface area (Å²) < 4.78 is 35.3. The standard InChI is InChI=1S/C17H23ClN4O3S/c1-4-22-13(3)17(12(2)20-22)26(23,24)21-9-6-14(7-10-21)25-16-5-8-19-11-15(16)18/h5,8,11,14H,4,6-7,9-10H2,1-3H3. The number of piperidine rings is 1. The molecule has 0 N–H and O–H groups in total. The largest absolute Gasteiger partial charge is 0.489 e. The van der Waals surface area contributed by atoms with Gasteiger partial charge < -0.3 is 4.74 Å². The highest BCUT2D eigenvalue weighted by Crippen LogP contribution is 2.29. The van der Waals surface area contributed by atoms with E-state index in [9.17, 15) is 8.42 Å². The fourth-order valence-corrected chi connectivity index (χ4v) is 5.33. The Hall–Kier alpha value is -1.64. The average Bonchev–Trinajstić information content (AvgIpc) is 2.91. The van der Waals surface area contributed by atoms with Gasteiger partial charge in [-0.1, -0.05) is 11.6 Å². The van der Waals surface area contributed by atoms with E-state index in [1.807, 2.05) is 6.92 Å². The van der Waals surface area contributed by atoms with Gasteiger partial charge in [-0.15, -0.1) is 0 Å². The number of pyridine rings is 1. The number of hydrogen-bond donors (Lipinski definition) is 0. The topological polar surface area (TPSA) is 77.3 Å². The maximum Gasteiger partial charge on any atom is 0.246 e. The molecular weight excluding hydrogens is 376 g/mol. The molecule has 1 aliphatic heterocycles. The highest BCUT2D eigenvalue weighted by Gasteiger charge is 2.34. The third kappa shape index (κ3) is 3.58. The van der Waals surface area contributed by atoms with Crippen LogP contribution >= 0.6 is 11.6 Å². The van der Waals surface area contributed by atoms with E-state index in [1.54, 1.807) is 30.8 Å². The number of aryl methyl sites for hydroxylation is 2. The summed E-state index contributed by atoms with van der Waals surface area (Å²) in [6.45, 7) is 6.95. The number of rotatable bonds is 5. The molecule has 0 aliphatic carbocycles. The molecule has 3 heterocycles. The maximum atomic E-state index is 13.1. The fourth-order valence-electron chi connectivity index (χ4n) is 3.32. The number of nitrogens with zero attached hydrogens (tertiary/aromatic N) is 4. The van der Waals surface area contributed by atoms with Crippen LogP contribution in [0, 0.1) is 13.8 Å². The smallest absolute Gasteiger partial charge is 0.246 e. The summed E-state index contributed by atoms with van der Waals surface area (Å²) >= 11 is 6.07. The molecule has 0 amide bonds. The summed E-state index contributed by atoms with van der Waals surface area (Å²) in [5.74, 6) is 0.582. The van der Waals surface area contributed by atoms with Crippen LogP contribution in [0.1, 0.15) is 31.2 Å². The maximum absolute atomic E-state index is 13.1. The Balaban J connectivity index is 1.71. The van der Waals surface area contributed by atoms with Crippen LogP contribution in [0.25, 0.3) is 0 Å². The lowest BCUT2D eigenvalue weighted by Gasteiger charge is -2.31. The van der Waals surface area contributed by atoms with Gasteiger partial charge in [-0.05, 0) is 33.6 Å².